The second-order valence-electron chi connectivity index (χ2n) is 8.73. The number of piperazine rings is 1. The van der Waals surface area contributed by atoms with Gasteiger partial charge >= 0.3 is 6.09 Å². The van der Waals surface area contributed by atoms with Gasteiger partial charge in [-0.15, -0.1) is 0 Å². The van der Waals surface area contributed by atoms with E-state index < -0.39 is 5.60 Å². The summed E-state index contributed by atoms with van der Waals surface area (Å²) in [6.07, 6.45) is 1.50. The minimum absolute atomic E-state index is 0.0116. The average molecular weight is 409 g/mol. The third kappa shape index (κ3) is 4.54. The van der Waals surface area contributed by atoms with Gasteiger partial charge in [-0.1, -0.05) is 11.6 Å². The maximum Gasteiger partial charge on any atom is 0.410 e. The Kier molecular flexibility index (Phi) is 5.80. The lowest BCUT2D eigenvalue weighted by molar-refractivity contribution is -0.136. The summed E-state index contributed by atoms with van der Waals surface area (Å²) in [5, 5.41) is 0.716. The fourth-order valence-electron chi connectivity index (χ4n) is 3.95. The van der Waals surface area contributed by atoms with Gasteiger partial charge in [-0.2, -0.15) is 0 Å². The molecule has 1 aromatic rings. The fraction of sp³-hybridized carbons (Fsp3) is 0.619. The second kappa shape index (κ2) is 7.82. The number of hydrogen-bond donors (Lipinski definition) is 0. The highest BCUT2D eigenvalue weighted by atomic mass is 35.5. The van der Waals surface area contributed by atoms with Crippen molar-refractivity contribution >= 4 is 23.6 Å². The van der Waals surface area contributed by atoms with E-state index in [9.17, 15) is 9.59 Å². The number of benzene rings is 1. The number of ether oxygens (including phenoxy) is 2. The Morgan fingerprint density at radius 1 is 1.11 bits per heavy atom. The molecule has 2 saturated heterocycles. The van der Waals surface area contributed by atoms with Gasteiger partial charge in [0.15, 0.2) is 6.61 Å². The second-order valence-corrected chi connectivity index (χ2v) is 9.11. The number of carbonyl (C=O) groups is 2. The molecule has 0 aliphatic carbocycles. The molecule has 1 aromatic carbocycles. The first-order chi connectivity index (χ1) is 13.0. The molecule has 2 fully saturated rings. The highest BCUT2D eigenvalue weighted by molar-refractivity contribution is 6.32. The molecule has 2 bridgehead atoms. The van der Waals surface area contributed by atoms with Crippen molar-refractivity contribution in [2.45, 2.75) is 65.1 Å². The van der Waals surface area contributed by atoms with Crippen LogP contribution in [0.1, 0.15) is 44.7 Å². The zero-order chi connectivity index (χ0) is 20.6. The molecule has 6 nitrogen and oxygen atoms in total. The van der Waals surface area contributed by atoms with Crippen LogP contribution in [0.15, 0.2) is 12.1 Å². The summed E-state index contributed by atoms with van der Waals surface area (Å²) in [7, 11) is 0. The number of nitrogens with zero attached hydrogens (tertiary/aromatic N) is 2. The molecule has 0 aromatic heterocycles. The number of hydrogen-bond acceptors (Lipinski definition) is 4. The molecule has 2 unspecified atom stereocenters. The topological polar surface area (TPSA) is 59.1 Å². The van der Waals surface area contributed by atoms with Gasteiger partial charge in [0.2, 0.25) is 0 Å². The summed E-state index contributed by atoms with van der Waals surface area (Å²) in [6, 6.07) is 3.70. The molecule has 2 amide bonds. The van der Waals surface area contributed by atoms with E-state index in [4.69, 9.17) is 21.1 Å². The molecule has 2 heterocycles. The van der Waals surface area contributed by atoms with Gasteiger partial charge in [0, 0.05) is 18.1 Å². The van der Waals surface area contributed by atoms with Crippen LogP contribution in [-0.2, 0) is 9.53 Å². The highest BCUT2D eigenvalue weighted by Crippen LogP contribution is 2.32. The summed E-state index contributed by atoms with van der Waals surface area (Å²) < 4.78 is 11.3. The molecule has 3 rings (SSSR count). The Hall–Kier alpha value is -1.95. The molecule has 0 spiro atoms. The number of rotatable bonds is 3. The van der Waals surface area contributed by atoms with Crippen LogP contribution in [-0.4, -0.2) is 59.2 Å². The van der Waals surface area contributed by atoms with Crippen molar-refractivity contribution in [2.24, 2.45) is 0 Å². The van der Waals surface area contributed by atoms with E-state index in [0.717, 1.165) is 24.0 Å². The van der Waals surface area contributed by atoms with E-state index in [1.54, 1.807) is 4.90 Å². The standard InChI is InChI=1S/C21H29ClN2O4/c1-13-8-17(9-14(2)19(13)22)27-12-18(25)23-10-15-6-7-16(11-23)24(15)20(26)28-21(3,4)5/h8-9,15-16H,6-7,10-12H2,1-5H3. The lowest BCUT2D eigenvalue weighted by Crippen LogP contribution is -2.58. The molecule has 2 aliphatic heterocycles. The van der Waals surface area contributed by atoms with E-state index in [2.05, 4.69) is 0 Å². The molecule has 2 atom stereocenters. The lowest BCUT2D eigenvalue weighted by atomic mass is 10.1. The van der Waals surface area contributed by atoms with Gasteiger partial charge in [-0.3, -0.25) is 9.69 Å². The first kappa shape index (κ1) is 20.8. The third-order valence-corrected chi connectivity index (χ3v) is 5.81. The maximum atomic E-state index is 12.7. The van der Waals surface area contributed by atoms with Crippen LogP contribution in [0.4, 0.5) is 4.79 Å². The van der Waals surface area contributed by atoms with Crippen molar-refractivity contribution in [3.63, 3.8) is 0 Å². The molecule has 2 aliphatic rings. The predicted octanol–water partition coefficient (Wildman–Crippen LogP) is 3.95. The van der Waals surface area contributed by atoms with Crippen molar-refractivity contribution in [3.05, 3.63) is 28.3 Å². The van der Waals surface area contributed by atoms with E-state index in [1.165, 1.54) is 0 Å². The Morgan fingerprint density at radius 2 is 1.64 bits per heavy atom. The maximum absolute atomic E-state index is 12.7. The van der Waals surface area contributed by atoms with E-state index in [0.29, 0.717) is 23.9 Å². The lowest BCUT2D eigenvalue weighted by Gasteiger charge is -2.41. The molecule has 0 N–H and O–H groups in total. The normalized spacial score (nSPS) is 21.6. The number of likely N-dealkylation sites (tertiary alicyclic amines) is 1. The Bertz CT molecular complexity index is 737. The zero-order valence-electron chi connectivity index (χ0n) is 17.3. The van der Waals surface area contributed by atoms with E-state index >= 15 is 0 Å². The molecule has 0 saturated carbocycles. The summed E-state index contributed by atoms with van der Waals surface area (Å²) in [4.78, 5) is 28.8. The van der Waals surface area contributed by atoms with Crippen molar-refractivity contribution in [3.8, 4) is 5.75 Å². The molecule has 154 valence electrons. The monoisotopic (exact) mass is 408 g/mol. The first-order valence-electron chi connectivity index (χ1n) is 9.74. The predicted molar refractivity (Wildman–Crippen MR) is 108 cm³/mol. The first-order valence-corrected chi connectivity index (χ1v) is 10.1. The Morgan fingerprint density at radius 3 is 2.14 bits per heavy atom. The number of halogens is 1. The van der Waals surface area contributed by atoms with E-state index in [1.807, 2.05) is 51.7 Å². The van der Waals surface area contributed by atoms with Gasteiger partial charge in [0.25, 0.3) is 5.91 Å². The number of aryl methyl sites for hydroxylation is 2. The average Bonchev–Trinajstić information content (AvgIpc) is 2.86. The smallest absolute Gasteiger partial charge is 0.410 e. The van der Waals surface area contributed by atoms with Gasteiger partial charge < -0.3 is 14.4 Å². The largest absolute Gasteiger partial charge is 0.484 e. The van der Waals surface area contributed by atoms with Crippen LogP contribution < -0.4 is 4.74 Å². The number of fused-ring (bicyclic) bond motifs is 2. The minimum Gasteiger partial charge on any atom is -0.484 e. The van der Waals surface area contributed by atoms with Gasteiger partial charge in [-0.05, 0) is 70.7 Å². The van der Waals surface area contributed by atoms with Gasteiger partial charge in [0.1, 0.15) is 11.4 Å². The SMILES string of the molecule is Cc1cc(OCC(=O)N2CC3CCC(C2)N3C(=O)OC(C)(C)C)cc(C)c1Cl. The van der Waals surface area contributed by atoms with E-state index in [-0.39, 0.29) is 30.7 Å². The molecular formula is C21H29ClN2O4. The molecular weight excluding hydrogens is 380 g/mol. The van der Waals surface area contributed by atoms with Crippen LogP contribution in [0.5, 0.6) is 5.75 Å². The number of carbonyl (C=O) groups excluding carboxylic acids is 2. The fourth-order valence-corrected chi connectivity index (χ4v) is 4.05. The van der Waals surface area contributed by atoms with Crippen LogP contribution in [0, 0.1) is 13.8 Å². The molecule has 0 radical (unpaired) electrons. The highest BCUT2D eigenvalue weighted by Gasteiger charge is 2.45. The van der Waals surface area contributed by atoms with Gasteiger partial charge in [-0.25, -0.2) is 4.79 Å². The van der Waals surface area contributed by atoms with Crippen molar-refractivity contribution in [1.82, 2.24) is 9.80 Å². The van der Waals surface area contributed by atoms with Crippen LogP contribution in [0.2, 0.25) is 5.02 Å². The number of amides is 2. The van der Waals surface area contributed by atoms with Crippen molar-refractivity contribution < 1.29 is 19.1 Å². The minimum atomic E-state index is -0.522. The quantitative estimate of drug-likeness (QED) is 0.759. The Labute approximate surface area is 171 Å². The Balaban J connectivity index is 1.58. The summed E-state index contributed by atoms with van der Waals surface area (Å²) in [5.41, 5.74) is 1.33. The van der Waals surface area contributed by atoms with Gasteiger partial charge in [0.05, 0.1) is 12.1 Å². The van der Waals surface area contributed by atoms with Crippen LogP contribution >= 0.6 is 11.6 Å². The zero-order valence-corrected chi connectivity index (χ0v) is 18.0. The van der Waals surface area contributed by atoms with Crippen LogP contribution in [0.25, 0.3) is 0 Å². The summed E-state index contributed by atoms with van der Waals surface area (Å²) >= 11 is 6.18. The summed E-state index contributed by atoms with van der Waals surface area (Å²) in [6.45, 7) is 10.5. The molecule has 7 heteroatoms. The van der Waals surface area contributed by atoms with Crippen molar-refractivity contribution in [2.75, 3.05) is 19.7 Å². The molecule has 28 heavy (non-hydrogen) atoms. The van der Waals surface area contributed by atoms with Crippen molar-refractivity contribution in [1.29, 1.82) is 0 Å². The third-order valence-electron chi connectivity index (χ3n) is 5.21. The van der Waals surface area contributed by atoms with Crippen LogP contribution in [0.3, 0.4) is 0 Å². The summed E-state index contributed by atoms with van der Waals surface area (Å²) in [5.74, 6) is 0.578.